The summed E-state index contributed by atoms with van der Waals surface area (Å²) in [5, 5.41) is 8.73. The first kappa shape index (κ1) is 20.9. The van der Waals surface area contributed by atoms with Gasteiger partial charge in [-0.2, -0.15) is 0 Å². The van der Waals surface area contributed by atoms with E-state index in [2.05, 4.69) is 20.9 Å². The van der Waals surface area contributed by atoms with Gasteiger partial charge in [-0.05, 0) is 50.7 Å². The second-order valence-corrected chi connectivity index (χ2v) is 7.83. The Hall–Kier alpha value is -1.78. The minimum atomic E-state index is -0.802. The zero-order chi connectivity index (χ0) is 18.9. The van der Waals surface area contributed by atoms with Crippen molar-refractivity contribution in [1.29, 1.82) is 0 Å². The molecule has 1 atom stereocenters. The van der Waals surface area contributed by atoms with E-state index in [9.17, 15) is 9.59 Å². The number of guanidine groups is 1. The van der Waals surface area contributed by atoms with Gasteiger partial charge < -0.3 is 20.0 Å². The van der Waals surface area contributed by atoms with Gasteiger partial charge in [-0.15, -0.1) is 24.0 Å². The number of carbonyl (C=O) groups is 2. The molecule has 1 aliphatic carbocycles. The fourth-order valence-electron chi connectivity index (χ4n) is 3.89. The lowest BCUT2D eigenvalue weighted by Gasteiger charge is -2.39. The van der Waals surface area contributed by atoms with Crippen LogP contribution in [0, 0.1) is 5.92 Å². The zero-order valence-corrected chi connectivity index (χ0v) is 18.4. The van der Waals surface area contributed by atoms with Crippen LogP contribution in [0.2, 0.25) is 0 Å². The number of urea groups is 1. The summed E-state index contributed by atoms with van der Waals surface area (Å²) in [6, 6.07) is 4.01. The van der Waals surface area contributed by atoms with Crippen molar-refractivity contribution >= 4 is 41.9 Å². The Morgan fingerprint density at radius 2 is 2.07 bits per heavy atom. The number of imide groups is 1. The van der Waals surface area contributed by atoms with E-state index in [-0.39, 0.29) is 41.8 Å². The highest BCUT2D eigenvalue weighted by molar-refractivity contribution is 14.0. The predicted octanol–water partition coefficient (Wildman–Crippen LogP) is 1.86. The average molecular weight is 501 g/mol. The first-order chi connectivity index (χ1) is 13.0. The van der Waals surface area contributed by atoms with Crippen LogP contribution in [0.1, 0.15) is 38.4 Å². The minimum absolute atomic E-state index is 0. The van der Waals surface area contributed by atoms with Crippen molar-refractivity contribution in [3.8, 4) is 0 Å². The van der Waals surface area contributed by atoms with Crippen LogP contribution in [-0.4, -0.2) is 54.0 Å². The first-order valence-corrected chi connectivity index (χ1v) is 9.76. The lowest BCUT2D eigenvalue weighted by molar-refractivity contribution is -0.125. The Morgan fingerprint density at radius 3 is 2.64 bits per heavy atom. The van der Waals surface area contributed by atoms with Crippen molar-refractivity contribution < 1.29 is 14.0 Å². The number of piperidine rings is 1. The number of halogens is 1. The van der Waals surface area contributed by atoms with Gasteiger partial charge in [-0.25, -0.2) is 4.79 Å². The third-order valence-electron chi connectivity index (χ3n) is 5.79. The molecule has 1 saturated carbocycles. The van der Waals surface area contributed by atoms with Gasteiger partial charge in [0.05, 0.1) is 6.26 Å². The highest BCUT2D eigenvalue weighted by atomic mass is 127. The average Bonchev–Trinajstić information content (AvgIpc) is 3.23. The van der Waals surface area contributed by atoms with Crippen molar-refractivity contribution in [1.82, 2.24) is 20.9 Å². The van der Waals surface area contributed by atoms with E-state index in [0.717, 1.165) is 44.1 Å². The maximum Gasteiger partial charge on any atom is 0.322 e. The van der Waals surface area contributed by atoms with E-state index < -0.39 is 5.54 Å². The van der Waals surface area contributed by atoms with Gasteiger partial charge in [0.25, 0.3) is 5.91 Å². The molecule has 1 unspecified atom stereocenters. The van der Waals surface area contributed by atoms with Crippen LogP contribution in [0.15, 0.2) is 27.8 Å². The number of amides is 3. The number of carbonyl (C=O) groups excluding carboxylic acids is 2. The molecule has 0 bridgehead atoms. The number of hydrogen-bond donors (Lipinski definition) is 3. The number of nitrogens with zero attached hydrogens (tertiary/aromatic N) is 2. The second kappa shape index (κ2) is 8.71. The molecule has 0 aromatic carbocycles. The highest BCUT2D eigenvalue weighted by Crippen LogP contribution is 2.31. The maximum atomic E-state index is 12.2. The van der Waals surface area contributed by atoms with Crippen LogP contribution in [-0.2, 0) is 11.2 Å². The van der Waals surface area contributed by atoms with Gasteiger partial charge in [-0.1, -0.05) is 0 Å². The lowest BCUT2D eigenvalue weighted by Crippen LogP contribution is -2.55. The van der Waals surface area contributed by atoms with Gasteiger partial charge in [0.2, 0.25) is 0 Å². The van der Waals surface area contributed by atoms with E-state index in [1.807, 2.05) is 19.1 Å². The number of aliphatic imine (C=N–C) groups is 1. The van der Waals surface area contributed by atoms with E-state index in [4.69, 9.17) is 9.41 Å². The Kier molecular flexibility index (Phi) is 6.51. The van der Waals surface area contributed by atoms with Crippen molar-refractivity contribution in [2.45, 2.75) is 50.6 Å². The van der Waals surface area contributed by atoms with E-state index in [1.54, 1.807) is 6.26 Å². The fourth-order valence-corrected chi connectivity index (χ4v) is 3.89. The van der Waals surface area contributed by atoms with Gasteiger partial charge in [0.1, 0.15) is 11.3 Å². The number of likely N-dealkylation sites (tertiary alicyclic amines) is 1. The van der Waals surface area contributed by atoms with Crippen LogP contribution >= 0.6 is 24.0 Å². The SMILES string of the molecule is CC1(C2CCN(C(=NCCc3ccco3)NC3CC3)CC2)NC(=O)NC1=O.I. The number of rotatable bonds is 5. The monoisotopic (exact) mass is 501 g/mol. The standard InChI is InChI=1S/C19H27N5O3.HI/c1-19(16(25)22-18(26)23-19)13-7-10-24(11-8-13)17(21-14-4-5-14)20-9-6-15-3-2-12-27-15;/h2-3,12-14H,4-11H2,1H3,(H,20,21)(H2,22,23,25,26);1H. The van der Waals surface area contributed by atoms with Crippen molar-refractivity contribution in [2.75, 3.05) is 19.6 Å². The zero-order valence-electron chi connectivity index (χ0n) is 16.1. The summed E-state index contributed by atoms with van der Waals surface area (Å²) in [5.74, 6) is 1.81. The van der Waals surface area contributed by atoms with Gasteiger partial charge in [0, 0.05) is 32.1 Å². The third-order valence-corrected chi connectivity index (χ3v) is 5.79. The van der Waals surface area contributed by atoms with Gasteiger partial charge in [-0.3, -0.25) is 15.1 Å². The molecule has 3 fully saturated rings. The summed E-state index contributed by atoms with van der Waals surface area (Å²) in [6.45, 7) is 4.15. The van der Waals surface area contributed by atoms with E-state index in [0.29, 0.717) is 12.6 Å². The van der Waals surface area contributed by atoms with Crippen molar-refractivity contribution in [2.24, 2.45) is 10.9 Å². The second-order valence-electron chi connectivity index (χ2n) is 7.83. The summed E-state index contributed by atoms with van der Waals surface area (Å²) in [4.78, 5) is 30.8. The smallest absolute Gasteiger partial charge is 0.322 e. The maximum absolute atomic E-state index is 12.2. The Bertz CT molecular complexity index is 726. The summed E-state index contributed by atoms with van der Waals surface area (Å²) in [7, 11) is 0. The Balaban J connectivity index is 0.00000225. The van der Waals surface area contributed by atoms with Crippen LogP contribution in [0.3, 0.4) is 0 Å². The van der Waals surface area contributed by atoms with E-state index >= 15 is 0 Å². The summed E-state index contributed by atoms with van der Waals surface area (Å²) < 4.78 is 5.38. The van der Waals surface area contributed by atoms with Gasteiger partial charge >= 0.3 is 6.03 Å². The molecule has 2 aliphatic heterocycles. The molecule has 8 nitrogen and oxygen atoms in total. The molecule has 1 aromatic rings. The summed E-state index contributed by atoms with van der Waals surface area (Å²) >= 11 is 0. The van der Waals surface area contributed by atoms with Crippen LogP contribution in [0.25, 0.3) is 0 Å². The van der Waals surface area contributed by atoms with Crippen molar-refractivity contribution in [3.05, 3.63) is 24.2 Å². The lowest BCUT2D eigenvalue weighted by atomic mass is 9.79. The number of hydrogen-bond acceptors (Lipinski definition) is 4. The fraction of sp³-hybridized carbons (Fsp3) is 0.632. The third kappa shape index (κ3) is 4.61. The number of nitrogens with one attached hydrogen (secondary N) is 3. The summed E-state index contributed by atoms with van der Waals surface area (Å²) in [5.41, 5.74) is -0.802. The van der Waals surface area contributed by atoms with Crippen LogP contribution in [0.4, 0.5) is 4.79 Å². The first-order valence-electron chi connectivity index (χ1n) is 9.76. The molecule has 1 aromatic heterocycles. The Morgan fingerprint density at radius 1 is 1.32 bits per heavy atom. The quantitative estimate of drug-likeness (QED) is 0.248. The molecule has 0 radical (unpaired) electrons. The molecule has 0 spiro atoms. The molecular weight excluding hydrogens is 473 g/mol. The highest BCUT2D eigenvalue weighted by Gasteiger charge is 2.48. The molecule has 9 heteroatoms. The normalized spacial score (nSPS) is 25.9. The topological polar surface area (TPSA) is 99.0 Å². The minimum Gasteiger partial charge on any atom is -0.469 e. The van der Waals surface area contributed by atoms with Crippen LogP contribution < -0.4 is 16.0 Å². The summed E-state index contributed by atoms with van der Waals surface area (Å²) in [6.07, 6.45) is 6.53. The molecule has 28 heavy (non-hydrogen) atoms. The molecule has 3 heterocycles. The Labute approximate surface area is 181 Å². The molecule has 3 amide bonds. The predicted molar refractivity (Wildman–Crippen MR) is 116 cm³/mol. The molecule has 3 N–H and O–H groups in total. The number of furan rings is 1. The molecular formula is C19H28IN5O3. The van der Waals surface area contributed by atoms with E-state index in [1.165, 1.54) is 12.8 Å². The largest absolute Gasteiger partial charge is 0.469 e. The molecule has 3 aliphatic rings. The van der Waals surface area contributed by atoms with Gasteiger partial charge in [0.15, 0.2) is 5.96 Å². The molecule has 4 rings (SSSR count). The molecule has 154 valence electrons. The van der Waals surface area contributed by atoms with Crippen LogP contribution in [0.5, 0.6) is 0 Å². The molecule has 2 saturated heterocycles. The van der Waals surface area contributed by atoms with Crippen molar-refractivity contribution in [3.63, 3.8) is 0 Å².